The molecule has 5 nitrogen and oxygen atoms in total. The lowest BCUT2D eigenvalue weighted by Crippen LogP contribution is -2.52. The third-order valence-corrected chi connectivity index (χ3v) is 4.47. The Labute approximate surface area is 154 Å². The van der Waals surface area contributed by atoms with E-state index in [0.29, 0.717) is 32.5 Å². The smallest absolute Gasteiger partial charge is 0.247 e. The molecule has 1 aliphatic heterocycles. The number of piperazine rings is 1. The van der Waals surface area contributed by atoms with E-state index in [2.05, 4.69) is 5.32 Å². The number of carbonyl (C=O) groups excluding carboxylic acids is 2. The van der Waals surface area contributed by atoms with Crippen molar-refractivity contribution >= 4 is 11.8 Å². The van der Waals surface area contributed by atoms with Crippen LogP contribution in [0.4, 0.5) is 0 Å². The molecular formula is C21H24N2O3. The Morgan fingerprint density at radius 2 is 1.88 bits per heavy atom. The fourth-order valence-electron chi connectivity index (χ4n) is 3.09. The molecule has 1 atom stereocenters. The van der Waals surface area contributed by atoms with E-state index in [-0.39, 0.29) is 11.8 Å². The van der Waals surface area contributed by atoms with Crippen LogP contribution in [0.1, 0.15) is 30.0 Å². The number of rotatable bonds is 6. The van der Waals surface area contributed by atoms with E-state index in [1.807, 2.05) is 61.5 Å². The van der Waals surface area contributed by atoms with Gasteiger partial charge < -0.3 is 15.0 Å². The van der Waals surface area contributed by atoms with Gasteiger partial charge in [0.05, 0.1) is 6.61 Å². The highest BCUT2D eigenvalue weighted by molar-refractivity contribution is 5.89. The number of para-hydroxylation sites is 1. The maximum absolute atomic E-state index is 12.7. The summed E-state index contributed by atoms with van der Waals surface area (Å²) in [5, 5.41) is 2.86. The van der Waals surface area contributed by atoms with Crippen molar-refractivity contribution in [2.75, 3.05) is 19.7 Å². The number of benzene rings is 2. The Balaban J connectivity index is 1.58. The predicted octanol–water partition coefficient (Wildman–Crippen LogP) is 2.85. The van der Waals surface area contributed by atoms with E-state index in [1.54, 1.807) is 4.90 Å². The average molecular weight is 352 g/mol. The lowest BCUT2D eigenvalue weighted by atomic mass is 10.0. The van der Waals surface area contributed by atoms with Gasteiger partial charge in [-0.1, -0.05) is 48.0 Å². The highest BCUT2D eigenvalue weighted by Gasteiger charge is 2.33. The van der Waals surface area contributed by atoms with Crippen LogP contribution in [-0.4, -0.2) is 36.4 Å². The number of amides is 2. The SMILES string of the molecule is Cc1ccc(C2C(=O)NCCN2C(=O)CCCOc2ccccc2)cc1. The van der Waals surface area contributed by atoms with Crippen LogP contribution in [0.3, 0.4) is 0 Å². The summed E-state index contributed by atoms with van der Waals surface area (Å²) in [5.41, 5.74) is 1.97. The number of aryl methyl sites for hydroxylation is 1. The first-order valence-corrected chi connectivity index (χ1v) is 8.97. The van der Waals surface area contributed by atoms with Crippen molar-refractivity contribution in [3.8, 4) is 5.75 Å². The van der Waals surface area contributed by atoms with Crippen molar-refractivity contribution < 1.29 is 14.3 Å². The van der Waals surface area contributed by atoms with Gasteiger partial charge in [0.15, 0.2) is 0 Å². The zero-order chi connectivity index (χ0) is 18.4. The van der Waals surface area contributed by atoms with Gasteiger partial charge in [0, 0.05) is 19.5 Å². The molecule has 1 fully saturated rings. The van der Waals surface area contributed by atoms with Gasteiger partial charge >= 0.3 is 0 Å². The highest BCUT2D eigenvalue weighted by Crippen LogP contribution is 2.24. The van der Waals surface area contributed by atoms with E-state index < -0.39 is 6.04 Å². The van der Waals surface area contributed by atoms with Crippen LogP contribution in [0.15, 0.2) is 54.6 Å². The standard InChI is InChI=1S/C21H24N2O3/c1-16-9-11-17(12-10-16)20-21(25)22-13-14-23(20)19(24)8-5-15-26-18-6-3-2-4-7-18/h2-4,6-7,9-12,20H,5,8,13-15H2,1H3,(H,22,25). The van der Waals surface area contributed by atoms with Crippen molar-refractivity contribution in [2.45, 2.75) is 25.8 Å². The minimum atomic E-state index is -0.549. The van der Waals surface area contributed by atoms with E-state index in [4.69, 9.17) is 4.74 Å². The van der Waals surface area contributed by atoms with Gasteiger partial charge in [0.1, 0.15) is 11.8 Å². The van der Waals surface area contributed by atoms with E-state index in [9.17, 15) is 9.59 Å². The van der Waals surface area contributed by atoms with Crippen LogP contribution in [0.5, 0.6) is 5.75 Å². The van der Waals surface area contributed by atoms with Crippen molar-refractivity contribution in [3.05, 3.63) is 65.7 Å². The summed E-state index contributed by atoms with van der Waals surface area (Å²) in [7, 11) is 0. The van der Waals surface area contributed by atoms with Crippen LogP contribution in [0, 0.1) is 6.92 Å². The molecule has 5 heteroatoms. The molecule has 2 aromatic carbocycles. The van der Waals surface area contributed by atoms with Gasteiger partial charge in [-0.05, 0) is 31.0 Å². The van der Waals surface area contributed by atoms with Crippen molar-refractivity contribution in [1.82, 2.24) is 10.2 Å². The third kappa shape index (κ3) is 4.42. The van der Waals surface area contributed by atoms with Gasteiger partial charge in [-0.25, -0.2) is 0 Å². The molecule has 0 spiro atoms. The molecule has 3 rings (SSSR count). The van der Waals surface area contributed by atoms with Gasteiger partial charge in [-0.3, -0.25) is 9.59 Å². The fraction of sp³-hybridized carbons (Fsp3) is 0.333. The van der Waals surface area contributed by atoms with Crippen molar-refractivity contribution in [2.24, 2.45) is 0 Å². The van der Waals surface area contributed by atoms with Gasteiger partial charge in [-0.15, -0.1) is 0 Å². The number of nitrogens with one attached hydrogen (secondary N) is 1. The Bertz CT molecular complexity index is 744. The summed E-state index contributed by atoms with van der Waals surface area (Å²) in [4.78, 5) is 26.8. The summed E-state index contributed by atoms with van der Waals surface area (Å²) in [6.07, 6.45) is 0.981. The molecule has 0 bridgehead atoms. The Kier molecular flexibility index (Phi) is 5.89. The van der Waals surface area contributed by atoms with E-state index in [0.717, 1.165) is 16.9 Å². The first-order chi connectivity index (χ1) is 12.6. The maximum Gasteiger partial charge on any atom is 0.247 e. The molecule has 1 N–H and O–H groups in total. The lowest BCUT2D eigenvalue weighted by molar-refractivity contribution is -0.143. The molecule has 2 amide bonds. The topological polar surface area (TPSA) is 58.6 Å². The molecule has 0 aliphatic carbocycles. The maximum atomic E-state index is 12.7. The summed E-state index contributed by atoms with van der Waals surface area (Å²) in [6, 6.07) is 16.8. The first kappa shape index (κ1) is 18.0. The molecule has 0 saturated carbocycles. The van der Waals surface area contributed by atoms with E-state index in [1.165, 1.54) is 0 Å². The van der Waals surface area contributed by atoms with Crippen LogP contribution in [0.25, 0.3) is 0 Å². The number of hydrogen-bond acceptors (Lipinski definition) is 3. The van der Waals surface area contributed by atoms with Crippen LogP contribution in [-0.2, 0) is 9.59 Å². The van der Waals surface area contributed by atoms with Crippen molar-refractivity contribution in [3.63, 3.8) is 0 Å². The normalized spacial score (nSPS) is 16.9. The highest BCUT2D eigenvalue weighted by atomic mass is 16.5. The minimum absolute atomic E-state index is 0.0120. The average Bonchev–Trinajstić information content (AvgIpc) is 2.66. The molecule has 136 valence electrons. The quantitative estimate of drug-likeness (QED) is 0.814. The largest absolute Gasteiger partial charge is 0.494 e. The summed E-state index contributed by atoms with van der Waals surface area (Å²) < 4.78 is 5.64. The van der Waals surface area contributed by atoms with Crippen LogP contribution >= 0.6 is 0 Å². The van der Waals surface area contributed by atoms with Crippen LogP contribution < -0.4 is 10.1 Å². The molecule has 26 heavy (non-hydrogen) atoms. The summed E-state index contributed by atoms with van der Waals surface area (Å²) in [5.74, 6) is 0.672. The second kappa shape index (κ2) is 8.52. The molecule has 1 saturated heterocycles. The number of carbonyl (C=O) groups is 2. The predicted molar refractivity (Wildman–Crippen MR) is 99.8 cm³/mol. The number of ether oxygens (including phenoxy) is 1. The monoisotopic (exact) mass is 352 g/mol. The zero-order valence-corrected chi connectivity index (χ0v) is 15.0. The molecule has 0 radical (unpaired) electrons. The van der Waals surface area contributed by atoms with E-state index >= 15 is 0 Å². The van der Waals surface area contributed by atoms with Crippen molar-refractivity contribution in [1.29, 1.82) is 0 Å². The fourth-order valence-corrected chi connectivity index (χ4v) is 3.09. The summed E-state index contributed by atoms with van der Waals surface area (Å²) in [6.45, 7) is 3.50. The molecule has 1 aliphatic rings. The van der Waals surface area contributed by atoms with Gasteiger partial charge in [0.25, 0.3) is 0 Å². The molecule has 0 aromatic heterocycles. The second-order valence-electron chi connectivity index (χ2n) is 6.46. The molecule has 1 heterocycles. The Morgan fingerprint density at radius 1 is 1.15 bits per heavy atom. The molecule has 1 unspecified atom stereocenters. The lowest BCUT2D eigenvalue weighted by Gasteiger charge is -2.35. The molecule has 2 aromatic rings. The van der Waals surface area contributed by atoms with Gasteiger partial charge in [-0.2, -0.15) is 0 Å². The van der Waals surface area contributed by atoms with Gasteiger partial charge in [0.2, 0.25) is 11.8 Å². The second-order valence-corrected chi connectivity index (χ2v) is 6.46. The first-order valence-electron chi connectivity index (χ1n) is 8.97. The van der Waals surface area contributed by atoms with Crippen LogP contribution in [0.2, 0.25) is 0 Å². The number of nitrogens with zero attached hydrogens (tertiary/aromatic N) is 1. The zero-order valence-electron chi connectivity index (χ0n) is 15.0. The third-order valence-electron chi connectivity index (χ3n) is 4.47. The Hall–Kier alpha value is -2.82. The molecular weight excluding hydrogens is 328 g/mol. The Morgan fingerprint density at radius 3 is 2.62 bits per heavy atom. The summed E-state index contributed by atoms with van der Waals surface area (Å²) >= 11 is 0. The number of hydrogen-bond donors (Lipinski definition) is 1. The minimum Gasteiger partial charge on any atom is -0.494 e.